The molecule has 2 aromatic rings. The summed E-state index contributed by atoms with van der Waals surface area (Å²) in [4.78, 5) is 27.9. The molecule has 0 unspecified atom stereocenters. The van der Waals surface area contributed by atoms with E-state index >= 15 is 0 Å². The van der Waals surface area contributed by atoms with E-state index in [9.17, 15) is 9.59 Å². The topological polar surface area (TPSA) is 85.1 Å². The van der Waals surface area contributed by atoms with Gasteiger partial charge >= 0.3 is 0 Å². The molecule has 0 atom stereocenters. The smallest absolute Gasteiger partial charge is 0.270 e. The molecular weight excluding hydrogens is 314 g/mol. The lowest BCUT2D eigenvalue weighted by Gasteiger charge is -2.27. The third-order valence-corrected chi connectivity index (χ3v) is 4.58. The van der Waals surface area contributed by atoms with E-state index in [4.69, 9.17) is 17.3 Å². The van der Waals surface area contributed by atoms with Crippen molar-refractivity contribution < 1.29 is 9.59 Å². The highest BCUT2D eigenvalue weighted by Crippen LogP contribution is 2.24. The van der Waals surface area contributed by atoms with Crippen LogP contribution in [-0.2, 0) is 4.79 Å². The molecule has 1 fully saturated rings. The normalized spacial score (nSPS) is 21.1. The first-order valence-corrected chi connectivity index (χ1v) is 8.07. The standard InChI is InChI=1S/C17H18ClN3O2/c18-12-4-8-14-11(9-12)3-7-15(21-14)17(23)20-13-5-1-10(2-6-13)16(19)22/h3-4,7-10,13H,1-2,5-6H2,(H2,19,22)(H,20,23). The molecule has 1 heterocycles. The van der Waals surface area contributed by atoms with Crippen LogP contribution in [0.25, 0.3) is 10.9 Å². The minimum atomic E-state index is -0.246. The number of hydrogen-bond acceptors (Lipinski definition) is 3. The fourth-order valence-electron chi connectivity index (χ4n) is 3.00. The molecule has 2 amide bonds. The van der Waals surface area contributed by atoms with Crippen molar-refractivity contribution in [2.75, 3.05) is 0 Å². The van der Waals surface area contributed by atoms with E-state index in [1.54, 1.807) is 18.2 Å². The summed E-state index contributed by atoms with van der Waals surface area (Å²) < 4.78 is 0. The van der Waals surface area contributed by atoms with Gasteiger partial charge in [-0.15, -0.1) is 0 Å². The number of halogens is 1. The molecule has 1 aliphatic carbocycles. The lowest BCUT2D eigenvalue weighted by Crippen LogP contribution is -2.40. The third-order valence-electron chi connectivity index (χ3n) is 4.35. The Morgan fingerprint density at radius 2 is 1.87 bits per heavy atom. The van der Waals surface area contributed by atoms with Crippen molar-refractivity contribution in [2.45, 2.75) is 31.7 Å². The van der Waals surface area contributed by atoms with E-state index in [0.717, 1.165) is 36.6 Å². The Hall–Kier alpha value is -2.14. The van der Waals surface area contributed by atoms with Gasteiger partial charge in [0.15, 0.2) is 0 Å². The van der Waals surface area contributed by atoms with Crippen LogP contribution in [0, 0.1) is 5.92 Å². The van der Waals surface area contributed by atoms with Gasteiger partial charge in [-0.1, -0.05) is 17.7 Å². The number of hydrogen-bond donors (Lipinski definition) is 2. The number of benzene rings is 1. The molecule has 23 heavy (non-hydrogen) atoms. The molecule has 0 spiro atoms. The molecule has 6 heteroatoms. The number of fused-ring (bicyclic) bond motifs is 1. The van der Waals surface area contributed by atoms with Crippen molar-refractivity contribution >= 4 is 34.3 Å². The summed E-state index contributed by atoms with van der Waals surface area (Å²) in [7, 11) is 0. The zero-order valence-electron chi connectivity index (χ0n) is 12.6. The molecule has 1 aliphatic rings. The number of amides is 2. The first-order chi connectivity index (χ1) is 11.0. The highest BCUT2D eigenvalue weighted by atomic mass is 35.5. The Kier molecular flexibility index (Phi) is 4.48. The van der Waals surface area contributed by atoms with E-state index in [1.807, 2.05) is 12.1 Å². The first-order valence-electron chi connectivity index (χ1n) is 7.69. The van der Waals surface area contributed by atoms with Crippen LogP contribution in [0.2, 0.25) is 5.02 Å². The van der Waals surface area contributed by atoms with E-state index in [2.05, 4.69) is 10.3 Å². The van der Waals surface area contributed by atoms with Gasteiger partial charge in [0.25, 0.3) is 5.91 Å². The summed E-state index contributed by atoms with van der Waals surface area (Å²) in [6.45, 7) is 0. The molecule has 0 saturated heterocycles. The van der Waals surface area contributed by atoms with Crippen molar-refractivity contribution in [3.05, 3.63) is 41.0 Å². The largest absolute Gasteiger partial charge is 0.369 e. The maximum atomic E-state index is 12.3. The maximum Gasteiger partial charge on any atom is 0.270 e. The first kappa shape index (κ1) is 15.7. The van der Waals surface area contributed by atoms with Gasteiger partial charge in [0, 0.05) is 22.4 Å². The van der Waals surface area contributed by atoms with Crippen LogP contribution >= 0.6 is 11.6 Å². The van der Waals surface area contributed by atoms with Crippen molar-refractivity contribution in [1.29, 1.82) is 0 Å². The third kappa shape index (κ3) is 3.62. The van der Waals surface area contributed by atoms with Gasteiger partial charge in [0.1, 0.15) is 5.69 Å². The molecule has 0 bridgehead atoms. The fourth-order valence-corrected chi connectivity index (χ4v) is 3.19. The zero-order chi connectivity index (χ0) is 16.4. The number of carbonyl (C=O) groups is 2. The van der Waals surface area contributed by atoms with Crippen molar-refractivity contribution in [1.82, 2.24) is 10.3 Å². The summed E-state index contributed by atoms with van der Waals surface area (Å²) >= 11 is 5.94. The van der Waals surface area contributed by atoms with E-state index in [1.165, 1.54) is 0 Å². The highest BCUT2D eigenvalue weighted by molar-refractivity contribution is 6.31. The van der Waals surface area contributed by atoms with Crippen LogP contribution in [0.15, 0.2) is 30.3 Å². The predicted molar refractivity (Wildman–Crippen MR) is 89.2 cm³/mol. The van der Waals surface area contributed by atoms with Crippen LogP contribution in [0.4, 0.5) is 0 Å². The molecule has 0 aliphatic heterocycles. The number of primary amides is 1. The average Bonchev–Trinajstić information content (AvgIpc) is 2.54. The maximum absolute atomic E-state index is 12.3. The molecule has 120 valence electrons. The Morgan fingerprint density at radius 1 is 1.13 bits per heavy atom. The van der Waals surface area contributed by atoms with Crippen molar-refractivity contribution in [3.63, 3.8) is 0 Å². The molecule has 5 nitrogen and oxygen atoms in total. The van der Waals surface area contributed by atoms with Gasteiger partial charge in [0.2, 0.25) is 5.91 Å². The second kappa shape index (κ2) is 6.54. The summed E-state index contributed by atoms with van der Waals surface area (Å²) in [6.07, 6.45) is 2.99. The number of aromatic nitrogens is 1. The average molecular weight is 332 g/mol. The molecular formula is C17H18ClN3O2. The summed E-state index contributed by atoms with van der Waals surface area (Å²) in [5.74, 6) is -0.499. The minimum absolute atomic E-state index is 0.0632. The number of nitrogens with zero attached hydrogens (tertiary/aromatic N) is 1. The Labute approximate surface area is 139 Å². The Morgan fingerprint density at radius 3 is 2.57 bits per heavy atom. The van der Waals surface area contributed by atoms with Crippen LogP contribution in [-0.4, -0.2) is 22.8 Å². The predicted octanol–water partition coefficient (Wildman–Crippen LogP) is 2.66. The second-order valence-electron chi connectivity index (χ2n) is 5.96. The molecule has 1 aromatic heterocycles. The zero-order valence-corrected chi connectivity index (χ0v) is 13.3. The highest BCUT2D eigenvalue weighted by Gasteiger charge is 2.26. The van der Waals surface area contributed by atoms with E-state index in [0.29, 0.717) is 10.7 Å². The summed E-state index contributed by atoms with van der Waals surface area (Å²) in [5, 5.41) is 4.53. The van der Waals surface area contributed by atoms with Gasteiger partial charge in [-0.3, -0.25) is 9.59 Å². The quantitative estimate of drug-likeness (QED) is 0.906. The molecule has 1 aromatic carbocycles. The molecule has 3 rings (SSSR count). The second-order valence-corrected chi connectivity index (χ2v) is 6.39. The van der Waals surface area contributed by atoms with E-state index in [-0.39, 0.29) is 23.8 Å². The minimum Gasteiger partial charge on any atom is -0.369 e. The Balaban J connectivity index is 1.67. The fraction of sp³-hybridized carbons (Fsp3) is 0.353. The van der Waals surface area contributed by atoms with Crippen molar-refractivity contribution in [3.8, 4) is 0 Å². The number of pyridine rings is 1. The number of nitrogens with one attached hydrogen (secondary N) is 1. The van der Waals surface area contributed by atoms with Crippen LogP contribution in [0.5, 0.6) is 0 Å². The van der Waals surface area contributed by atoms with Gasteiger partial charge in [0.05, 0.1) is 5.52 Å². The molecule has 0 radical (unpaired) electrons. The lowest BCUT2D eigenvalue weighted by atomic mass is 9.85. The number of nitrogens with two attached hydrogens (primary N) is 1. The summed E-state index contributed by atoms with van der Waals surface area (Å²) in [5.41, 5.74) is 6.44. The van der Waals surface area contributed by atoms with Gasteiger partial charge < -0.3 is 11.1 Å². The summed E-state index contributed by atoms with van der Waals surface area (Å²) in [6, 6.07) is 8.98. The Bertz CT molecular complexity index is 755. The van der Waals surface area contributed by atoms with Gasteiger partial charge in [-0.25, -0.2) is 4.98 Å². The number of carbonyl (C=O) groups excluding carboxylic acids is 2. The van der Waals surface area contributed by atoms with Gasteiger partial charge in [-0.2, -0.15) is 0 Å². The van der Waals surface area contributed by atoms with Crippen LogP contribution < -0.4 is 11.1 Å². The monoisotopic (exact) mass is 331 g/mol. The van der Waals surface area contributed by atoms with Crippen molar-refractivity contribution in [2.24, 2.45) is 11.7 Å². The van der Waals surface area contributed by atoms with Gasteiger partial charge in [-0.05, 0) is 49.9 Å². The number of rotatable bonds is 3. The van der Waals surface area contributed by atoms with Crippen LogP contribution in [0.3, 0.4) is 0 Å². The molecule has 1 saturated carbocycles. The van der Waals surface area contributed by atoms with E-state index < -0.39 is 0 Å². The lowest BCUT2D eigenvalue weighted by molar-refractivity contribution is -0.122. The van der Waals surface area contributed by atoms with Crippen LogP contribution in [0.1, 0.15) is 36.2 Å². The SMILES string of the molecule is NC(=O)C1CCC(NC(=O)c2ccc3cc(Cl)ccc3n2)CC1. The molecule has 3 N–H and O–H groups in total.